The summed E-state index contributed by atoms with van der Waals surface area (Å²) in [5.74, 6) is -1.56. The number of hydrogen-bond acceptors (Lipinski definition) is 7. The van der Waals surface area contributed by atoms with Crippen molar-refractivity contribution < 1.29 is 23.9 Å². The molecule has 3 aliphatic rings. The van der Waals surface area contributed by atoms with E-state index in [0.29, 0.717) is 5.75 Å². The van der Waals surface area contributed by atoms with Crippen molar-refractivity contribution in [3.8, 4) is 5.75 Å². The molecule has 6 rings (SSSR count). The molecule has 0 spiro atoms. The van der Waals surface area contributed by atoms with Crippen LogP contribution in [0.5, 0.6) is 5.75 Å². The molecule has 2 aromatic carbocycles. The first kappa shape index (κ1) is 22.4. The molecule has 2 fully saturated rings. The Bertz CT molecular complexity index is 1420. The van der Waals surface area contributed by atoms with Crippen LogP contribution in [-0.2, 0) is 16.1 Å². The Morgan fingerprint density at radius 1 is 0.972 bits per heavy atom. The number of carbonyl (C=O) groups excluding carboxylic acids is 4. The third-order valence-corrected chi connectivity index (χ3v) is 7.08. The van der Waals surface area contributed by atoms with Crippen LogP contribution in [0.1, 0.15) is 45.5 Å². The summed E-state index contributed by atoms with van der Waals surface area (Å²) in [6.07, 6.45) is 2.85. The molecule has 4 heterocycles. The van der Waals surface area contributed by atoms with E-state index >= 15 is 0 Å². The quantitative estimate of drug-likeness (QED) is 0.554. The highest BCUT2D eigenvalue weighted by atomic mass is 16.5. The average molecular weight is 485 g/mol. The van der Waals surface area contributed by atoms with Crippen LogP contribution >= 0.6 is 0 Å². The van der Waals surface area contributed by atoms with E-state index in [1.807, 2.05) is 30.5 Å². The van der Waals surface area contributed by atoms with Gasteiger partial charge >= 0.3 is 0 Å². The van der Waals surface area contributed by atoms with E-state index in [-0.39, 0.29) is 30.1 Å². The number of aromatic nitrogens is 1. The van der Waals surface area contributed by atoms with Gasteiger partial charge in [-0.3, -0.25) is 39.3 Å². The van der Waals surface area contributed by atoms with E-state index in [1.165, 1.54) is 5.56 Å². The molecule has 1 aromatic heterocycles. The summed E-state index contributed by atoms with van der Waals surface area (Å²) in [5.41, 5.74) is 2.66. The van der Waals surface area contributed by atoms with Gasteiger partial charge in [-0.1, -0.05) is 18.2 Å². The van der Waals surface area contributed by atoms with Gasteiger partial charge in [-0.2, -0.15) is 0 Å². The van der Waals surface area contributed by atoms with E-state index in [0.717, 1.165) is 41.9 Å². The lowest BCUT2D eigenvalue weighted by Crippen LogP contribution is -2.54. The van der Waals surface area contributed by atoms with Gasteiger partial charge in [0.05, 0.1) is 16.6 Å². The standard InChI is InChI=1S/C27H24N4O5/c32-24-8-7-23(25(33)29-24)31-26(34)20-6-5-17(13-21(20)27(31)35)36-18-10-12-30(15-18)14-16-9-11-28-22-4-2-1-3-19(16)22/h1-6,9,11,13,18,23H,7-8,10,12,14-15H2,(H,29,32,33)/t18-,23?/m0/s1. The number of carbonyl (C=O) groups is 4. The number of ether oxygens (including phenoxy) is 1. The van der Waals surface area contributed by atoms with Crippen molar-refractivity contribution in [1.82, 2.24) is 20.1 Å². The first-order chi connectivity index (χ1) is 17.5. The van der Waals surface area contributed by atoms with Crippen LogP contribution < -0.4 is 10.1 Å². The van der Waals surface area contributed by atoms with E-state index in [9.17, 15) is 19.2 Å². The van der Waals surface area contributed by atoms with E-state index in [1.54, 1.807) is 18.2 Å². The summed E-state index contributed by atoms with van der Waals surface area (Å²) in [5, 5.41) is 3.35. The van der Waals surface area contributed by atoms with E-state index in [2.05, 4.69) is 21.3 Å². The molecule has 182 valence electrons. The lowest BCUT2D eigenvalue weighted by Gasteiger charge is -2.27. The summed E-state index contributed by atoms with van der Waals surface area (Å²) in [4.78, 5) is 57.4. The van der Waals surface area contributed by atoms with Crippen molar-refractivity contribution in [1.29, 1.82) is 0 Å². The minimum absolute atomic E-state index is 0.0467. The Balaban J connectivity index is 1.13. The van der Waals surface area contributed by atoms with Gasteiger partial charge in [0.2, 0.25) is 11.8 Å². The lowest BCUT2D eigenvalue weighted by atomic mass is 10.0. The molecular weight excluding hydrogens is 460 g/mol. The number of imide groups is 2. The first-order valence-electron chi connectivity index (χ1n) is 12.1. The van der Waals surface area contributed by atoms with Crippen LogP contribution in [0.3, 0.4) is 0 Å². The molecule has 36 heavy (non-hydrogen) atoms. The molecule has 3 aromatic rings. The molecule has 2 saturated heterocycles. The van der Waals surface area contributed by atoms with Gasteiger partial charge in [0.25, 0.3) is 11.8 Å². The predicted octanol–water partition coefficient (Wildman–Crippen LogP) is 2.29. The average Bonchev–Trinajstić information content (AvgIpc) is 3.41. The second-order valence-electron chi connectivity index (χ2n) is 9.41. The number of nitrogens with zero attached hydrogens (tertiary/aromatic N) is 3. The Kier molecular flexibility index (Phi) is 5.49. The number of benzene rings is 2. The summed E-state index contributed by atoms with van der Waals surface area (Å²) in [6.45, 7) is 2.41. The van der Waals surface area contributed by atoms with Crippen molar-refractivity contribution in [3.63, 3.8) is 0 Å². The number of rotatable bonds is 5. The normalized spacial score (nSPS) is 22.3. The number of likely N-dealkylation sites (tertiary alicyclic amines) is 1. The molecule has 1 N–H and O–H groups in total. The second-order valence-corrected chi connectivity index (χ2v) is 9.41. The molecule has 0 saturated carbocycles. The number of fused-ring (bicyclic) bond motifs is 2. The van der Waals surface area contributed by atoms with E-state index in [4.69, 9.17) is 4.74 Å². The monoisotopic (exact) mass is 484 g/mol. The third kappa shape index (κ3) is 3.91. The first-order valence-corrected chi connectivity index (χ1v) is 12.1. The smallest absolute Gasteiger partial charge is 0.262 e. The minimum Gasteiger partial charge on any atom is -0.489 e. The topological polar surface area (TPSA) is 109 Å². The maximum absolute atomic E-state index is 13.1. The molecule has 9 nitrogen and oxygen atoms in total. The highest BCUT2D eigenvalue weighted by molar-refractivity contribution is 6.23. The number of nitrogens with one attached hydrogen (secondary N) is 1. The van der Waals surface area contributed by atoms with Crippen LogP contribution in [0.15, 0.2) is 54.7 Å². The molecule has 4 amide bonds. The summed E-state index contributed by atoms with van der Waals surface area (Å²) >= 11 is 0. The highest BCUT2D eigenvalue weighted by Gasteiger charge is 2.44. The summed E-state index contributed by atoms with van der Waals surface area (Å²) in [6, 6.07) is 14.0. The molecule has 0 radical (unpaired) electrons. The second kappa shape index (κ2) is 8.83. The van der Waals surface area contributed by atoms with Gasteiger partial charge in [0, 0.05) is 37.6 Å². The highest BCUT2D eigenvalue weighted by Crippen LogP contribution is 2.31. The summed E-state index contributed by atoms with van der Waals surface area (Å²) in [7, 11) is 0. The van der Waals surface area contributed by atoms with Gasteiger partial charge in [0.1, 0.15) is 17.9 Å². The van der Waals surface area contributed by atoms with Crippen molar-refractivity contribution in [2.75, 3.05) is 13.1 Å². The SMILES string of the molecule is O=C1CCC(N2C(=O)c3ccc(O[C@H]4CCN(Cc5ccnc6ccccc56)C4)cc3C2=O)C(=O)N1. The Labute approximate surface area is 207 Å². The van der Waals surface area contributed by atoms with Gasteiger partial charge in [-0.25, -0.2) is 0 Å². The van der Waals surface area contributed by atoms with Crippen LogP contribution in [0.4, 0.5) is 0 Å². The van der Waals surface area contributed by atoms with Crippen molar-refractivity contribution >= 4 is 34.5 Å². The fourth-order valence-corrected chi connectivity index (χ4v) is 5.29. The zero-order chi connectivity index (χ0) is 24.8. The van der Waals surface area contributed by atoms with Crippen molar-refractivity contribution in [3.05, 3.63) is 71.4 Å². The molecule has 3 aliphatic heterocycles. The molecule has 0 aliphatic carbocycles. The Morgan fingerprint density at radius 2 is 1.81 bits per heavy atom. The minimum atomic E-state index is -0.980. The maximum Gasteiger partial charge on any atom is 0.262 e. The number of pyridine rings is 1. The van der Waals surface area contributed by atoms with Crippen molar-refractivity contribution in [2.45, 2.75) is 38.0 Å². The van der Waals surface area contributed by atoms with Crippen LogP contribution in [0, 0.1) is 0 Å². The zero-order valence-electron chi connectivity index (χ0n) is 19.5. The number of para-hydroxylation sites is 1. The van der Waals surface area contributed by atoms with Crippen molar-refractivity contribution in [2.24, 2.45) is 0 Å². The number of amides is 4. The van der Waals surface area contributed by atoms with Crippen LogP contribution in [0.25, 0.3) is 10.9 Å². The Hall–Kier alpha value is -4.11. The zero-order valence-corrected chi connectivity index (χ0v) is 19.5. The fraction of sp³-hybridized carbons (Fsp3) is 0.296. The van der Waals surface area contributed by atoms with Crippen LogP contribution in [-0.4, -0.2) is 63.6 Å². The molecular formula is C27H24N4O5. The molecule has 0 bridgehead atoms. The number of hydrogen-bond donors (Lipinski definition) is 1. The third-order valence-electron chi connectivity index (χ3n) is 7.08. The molecule has 1 unspecified atom stereocenters. The maximum atomic E-state index is 13.1. The van der Waals surface area contributed by atoms with Crippen LogP contribution in [0.2, 0.25) is 0 Å². The lowest BCUT2D eigenvalue weighted by molar-refractivity contribution is -0.136. The van der Waals surface area contributed by atoms with E-state index < -0.39 is 29.7 Å². The van der Waals surface area contributed by atoms with Gasteiger partial charge in [0.15, 0.2) is 0 Å². The van der Waals surface area contributed by atoms with Gasteiger partial charge < -0.3 is 4.74 Å². The fourth-order valence-electron chi connectivity index (χ4n) is 5.29. The Morgan fingerprint density at radius 3 is 2.67 bits per heavy atom. The summed E-state index contributed by atoms with van der Waals surface area (Å²) < 4.78 is 6.20. The molecule has 9 heteroatoms. The molecule has 2 atom stereocenters. The predicted molar refractivity (Wildman–Crippen MR) is 129 cm³/mol. The number of piperidine rings is 1. The van der Waals surface area contributed by atoms with Gasteiger partial charge in [-0.05, 0) is 48.7 Å². The van der Waals surface area contributed by atoms with Gasteiger partial charge in [-0.15, -0.1) is 0 Å². The largest absolute Gasteiger partial charge is 0.489 e.